The van der Waals surface area contributed by atoms with Crippen molar-refractivity contribution in [2.24, 2.45) is 0 Å². The molecule has 0 radical (unpaired) electrons. The zero-order valence-electron chi connectivity index (χ0n) is 11.4. The maximum atomic E-state index is 9.49. The fourth-order valence-electron chi connectivity index (χ4n) is 2.47. The van der Waals surface area contributed by atoms with Crippen molar-refractivity contribution in [1.29, 1.82) is 0 Å². The van der Waals surface area contributed by atoms with Gasteiger partial charge in [-0.25, -0.2) is 9.67 Å². The molecule has 1 unspecified atom stereocenters. The van der Waals surface area contributed by atoms with Gasteiger partial charge >= 0.3 is 0 Å². The molecule has 0 aliphatic carbocycles. The molecule has 1 aliphatic rings. The Balaban J connectivity index is 1.63. The predicted octanol–water partition coefficient (Wildman–Crippen LogP) is 0.963. The second-order valence-electron chi connectivity index (χ2n) is 5.08. The van der Waals surface area contributed by atoms with Crippen LogP contribution in [-0.2, 0) is 0 Å². The molecule has 1 saturated heterocycles. The lowest BCUT2D eigenvalue weighted by molar-refractivity contribution is 0.194. The summed E-state index contributed by atoms with van der Waals surface area (Å²) in [7, 11) is 0. The summed E-state index contributed by atoms with van der Waals surface area (Å²) < 4.78 is 1.87. The number of piperidine rings is 1. The minimum atomic E-state index is -0.566. The van der Waals surface area contributed by atoms with Gasteiger partial charge in [-0.2, -0.15) is 0 Å². The predicted molar refractivity (Wildman–Crippen MR) is 73.2 cm³/mol. The van der Waals surface area contributed by atoms with E-state index >= 15 is 0 Å². The average Bonchev–Trinajstić information content (AvgIpc) is 2.98. The Kier molecular flexibility index (Phi) is 3.60. The molecule has 3 heterocycles. The monoisotopic (exact) mass is 274 g/mol. The summed E-state index contributed by atoms with van der Waals surface area (Å²) in [4.78, 5) is 10.7. The topological polar surface area (TPSA) is 80.0 Å². The zero-order valence-corrected chi connectivity index (χ0v) is 11.4. The molecule has 2 aromatic rings. The van der Waals surface area contributed by atoms with Crippen molar-refractivity contribution in [2.75, 3.05) is 18.0 Å². The number of aliphatic hydroxyl groups excluding tert-OH is 1. The van der Waals surface area contributed by atoms with E-state index in [1.165, 1.54) is 0 Å². The summed E-state index contributed by atoms with van der Waals surface area (Å²) >= 11 is 0. The summed E-state index contributed by atoms with van der Waals surface area (Å²) in [6.45, 7) is 3.55. The molecule has 1 N–H and O–H groups in total. The number of hydrogen-bond donors (Lipinski definition) is 1. The van der Waals surface area contributed by atoms with Gasteiger partial charge in [-0.3, -0.25) is 4.98 Å². The van der Waals surface area contributed by atoms with E-state index in [1.54, 1.807) is 25.5 Å². The summed E-state index contributed by atoms with van der Waals surface area (Å²) in [5.74, 6) is 0.925. The quantitative estimate of drug-likeness (QED) is 0.898. The van der Waals surface area contributed by atoms with Crippen molar-refractivity contribution in [3.63, 3.8) is 0 Å². The molecule has 3 rings (SSSR count). The minimum Gasteiger partial charge on any atom is -0.387 e. The van der Waals surface area contributed by atoms with Gasteiger partial charge in [0.15, 0.2) is 0 Å². The van der Waals surface area contributed by atoms with Crippen LogP contribution in [0.5, 0.6) is 0 Å². The molecular weight excluding hydrogens is 256 g/mol. The molecule has 20 heavy (non-hydrogen) atoms. The molecule has 1 atom stereocenters. The van der Waals surface area contributed by atoms with E-state index in [4.69, 9.17) is 0 Å². The zero-order chi connectivity index (χ0) is 13.9. The molecule has 0 aromatic carbocycles. The fraction of sp³-hybridized carbons (Fsp3) is 0.538. The second kappa shape index (κ2) is 5.54. The third-order valence-electron chi connectivity index (χ3n) is 3.67. The number of anilines is 1. The first-order valence-corrected chi connectivity index (χ1v) is 6.85. The van der Waals surface area contributed by atoms with E-state index < -0.39 is 6.10 Å². The van der Waals surface area contributed by atoms with Gasteiger partial charge in [0.05, 0.1) is 24.5 Å². The molecule has 1 fully saturated rings. The summed E-state index contributed by atoms with van der Waals surface area (Å²) in [6.07, 6.45) is 8.44. The van der Waals surface area contributed by atoms with Gasteiger partial charge in [0.2, 0.25) is 0 Å². The highest BCUT2D eigenvalue weighted by molar-refractivity contribution is 5.35. The highest BCUT2D eigenvalue weighted by Gasteiger charge is 2.22. The van der Waals surface area contributed by atoms with E-state index in [0.717, 1.165) is 31.7 Å². The summed E-state index contributed by atoms with van der Waals surface area (Å²) in [5.41, 5.74) is 0.626. The maximum absolute atomic E-state index is 9.49. The lowest BCUT2D eigenvalue weighted by Crippen LogP contribution is -2.35. The van der Waals surface area contributed by atoms with E-state index in [2.05, 4.69) is 25.2 Å². The van der Waals surface area contributed by atoms with Crippen molar-refractivity contribution < 1.29 is 5.11 Å². The van der Waals surface area contributed by atoms with E-state index in [0.29, 0.717) is 11.7 Å². The molecule has 0 saturated carbocycles. The van der Waals surface area contributed by atoms with Crippen molar-refractivity contribution in [1.82, 2.24) is 25.0 Å². The lowest BCUT2D eigenvalue weighted by Gasteiger charge is -2.32. The number of aliphatic hydroxyl groups is 1. The largest absolute Gasteiger partial charge is 0.387 e. The Labute approximate surface area is 117 Å². The maximum Gasteiger partial charge on any atom is 0.147 e. The first kappa shape index (κ1) is 13.0. The van der Waals surface area contributed by atoms with E-state index in [1.807, 2.05) is 10.9 Å². The Morgan fingerprint density at radius 1 is 1.30 bits per heavy atom. The highest BCUT2D eigenvalue weighted by atomic mass is 16.3. The molecule has 1 aliphatic heterocycles. The van der Waals surface area contributed by atoms with Crippen molar-refractivity contribution in [3.05, 3.63) is 30.5 Å². The van der Waals surface area contributed by atoms with Crippen LogP contribution < -0.4 is 4.90 Å². The highest BCUT2D eigenvalue weighted by Crippen LogP contribution is 2.24. The van der Waals surface area contributed by atoms with Gasteiger partial charge < -0.3 is 10.0 Å². The van der Waals surface area contributed by atoms with Crippen LogP contribution in [0, 0.1) is 0 Å². The summed E-state index contributed by atoms with van der Waals surface area (Å²) in [5, 5.41) is 17.6. The Hall–Kier alpha value is -2.02. The van der Waals surface area contributed by atoms with Crippen LogP contribution in [-0.4, -0.2) is 43.2 Å². The first-order chi connectivity index (χ1) is 9.74. The Morgan fingerprint density at radius 3 is 2.70 bits per heavy atom. The standard InChI is InChI=1S/C13H18N6O/c1-10(20)12-9-19(17-16-12)11-2-6-18(7-3-11)13-8-14-4-5-15-13/h4-5,8-11,20H,2-3,6-7H2,1H3. The van der Waals surface area contributed by atoms with Crippen LogP contribution >= 0.6 is 0 Å². The van der Waals surface area contributed by atoms with Crippen molar-refractivity contribution in [3.8, 4) is 0 Å². The number of hydrogen-bond acceptors (Lipinski definition) is 6. The van der Waals surface area contributed by atoms with Gasteiger partial charge in [-0.1, -0.05) is 5.21 Å². The fourth-order valence-corrected chi connectivity index (χ4v) is 2.47. The molecule has 0 bridgehead atoms. The van der Waals surface area contributed by atoms with Crippen molar-refractivity contribution in [2.45, 2.75) is 31.9 Å². The van der Waals surface area contributed by atoms with Gasteiger partial charge in [0.25, 0.3) is 0 Å². The molecule has 0 spiro atoms. The molecule has 106 valence electrons. The van der Waals surface area contributed by atoms with Gasteiger partial charge in [0.1, 0.15) is 11.5 Å². The second-order valence-corrected chi connectivity index (χ2v) is 5.08. The van der Waals surface area contributed by atoms with Gasteiger partial charge in [0, 0.05) is 25.5 Å². The Bertz CT molecular complexity index is 547. The SMILES string of the molecule is CC(O)c1cn(C2CCN(c3cnccn3)CC2)nn1. The van der Waals surface area contributed by atoms with Crippen LogP contribution in [0.25, 0.3) is 0 Å². The van der Waals surface area contributed by atoms with E-state index in [-0.39, 0.29) is 0 Å². The molecule has 0 amide bonds. The van der Waals surface area contributed by atoms with Gasteiger partial charge in [-0.15, -0.1) is 5.10 Å². The minimum absolute atomic E-state index is 0.336. The number of nitrogens with zero attached hydrogens (tertiary/aromatic N) is 6. The average molecular weight is 274 g/mol. The van der Waals surface area contributed by atoms with Crippen molar-refractivity contribution >= 4 is 5.82 Å². The van der Waals surface area contributed by atoms with Crippen LogP contribution in [0.15, 0.2) is 24.8 Å². The smallest absolute Gasteiger partial charge is 0.147 e. The van der Waals surface area contributed by atoms with Gasteiger partial charge in [-0.05, 0) is 19.8 Å². The van der Waals surface area contributed by atoms with Crippen LogP contribution in [0.1, 0.15) is 37.6 Å². The Morgan fingerprint density at radius 2 is 2.10 bits per heavy atom. The van der Waals surface area contributed by atoms with Crippen LogP contribution in [0.2, 0.25) is 0 Å². The van der Waals surface area contributed by atoms with Crippen LogP contribution in [0.3, 0.4) is 0 Å². The lowest BCUT2D eigenvalue weighted by atomic mass is 10.1. The number of aromatic nitrogens is 5. The normalized spacial score (nSPS) is 18.2. The number of rotatable bonds is 3. The molecular formula is C13H18N6O. The first-order valence-electron chi connectivity index (χ1n) is 6.85. The van der Waals surface area contributed by atoms with Crippen LogP contribution in [0.4, 0.5) is 5.82 Å². The third-order valence-corrected chi connectivity index (χ3v) is 3.67. The third kappa shape index (κ3) is 2.62. The molecule has 2 aromatic heterocycles. The van der Waals surface area contributed by atoms with E-state index in [9.17, 15) is 5.11 Å². The molecule has 7 nitrogen and oxygen atoms in total. The molecule has 7 heteroatoms. The summed E-state index contributed by atoms with van der Waals surface area (Å²) in [6, 6.07) is 0.336.